The summed E-state index contributed by atoms with van der Waals surface area (Å²) in [5.74, 6) is 3.09. The number of amides is 2. The lowest BCUT2D eigenvalue weighted by Gasteiger charge is -2.62. The maximum atomic E-state index is 13.0. The van der Waals surface area contributed by atoms with Crippen LogP contribution in [0.3, 0.4) is 0 Å². The van der Waals surface area contributed by atoms with E-state index >= 15 is 0 Å². The molecular weight excluding hydrogens is 528 g/mol. The van der Waals surface area contributed by atoms with Crippen molar-refractivity contribution in [2.45, 2.75) is 84.8 Å². The van der Waals surface area contributed by atoms with Gasteiger partial charge in [0.2, 0.25) is 5.91 Å². The van der Waals surface area contributed by atoms with Crippen molar-refractivity contribution in [1.82, 2.24) is 9.80 Å². The third-order valence-corrected chi connectivity index (χ3v) is 12.8. The highest BCUT2D eigenvalue weighted by molar-refractivity contribution is 5.76. The minimum absolute atomic E-state index is 0.149. The molecule has 5 fully saturated rings. The molecular formula is C35H52N2O5. The van der Waals surface area contributed by atoms with Crippen LogP contribution in [0.25, 0.3) is 0 Å². The normalized spacial score (nSPS) is 38.7. The smallest absolute Gasteiger partial charge is 0.410 e. The molecule has 0 radical (unpaired) electrons. The van der Waals surface area contributed by atoms with Gasteiger partial charge in [0.05, 0.1) is 19.3 Å². The number of carbonyl (C=O) groups is 2. The highest BCUT2D eigenvalue weighted by Crippen LogP contribution is 2.67. The number of fused-ring (bicyclic) bond motifs is 5. The fraction of sp³-hybridized carbons (Fsp3) is 0.771. The molecule has 0 bridgehead atoms. The van der Waals surface area contributed by atoms with Gasteiger partial charge in [0.15, 0.2) is 0 Å². The molecule has 6 rings (SSSR count). The molecule has 232 valence electrons. The Morgan fingerprint density at radius 3 is 2.50 bits per heavy atom. The largest absolute Gasteiger partial charge is 0.445 e. The van der Waals surface area contributed by atoms with Crippen molar-refractivity contribution in [3.05, 3.63) is 35.9 Å². The highest BCUT2D eigenvalue weighted by Gasteiger charge is 2.63. The minimum atomic E-state index is -0.310. The molecule has 0 unspecified atom stereocenters. The number of aliphatic hydroxyl groups is 1. The Morgan fingerprint density at radius 1 is 1.00 bits per heavy atom. The number of benzene rings is 1. The Bertz CT molecular complexity index is 1110. The first-order valence-corrected chi connectivity index (χ1v) is 16.7. The van der Waals surface area contributed by atoms with E-state index in [4.69, 9.17) is 9.47 Å². The second-order valence-electron chi connectivity index (χ2n) is 14.8. The number of hydrogen-bond acceptors (Lipinski definition) is 5. The van der Waals surface area contributed by atoms with Crippen LogP contribution in [-0.4, -0.2) is 72.4 Å². The van der Waals surface area contributed by atoms with Gasteiger partial charge in [0, 0.05) is 32.6 Å². The lowest BCUT2D eigenvalue weighted by atomic mass is 9.44. The molecule has 3 saturated carbocycles. The molecule has 2 heterocycles. The van der Waals surface area contributed by atoms with Crippen molar-refractivity contribution >= 4 is 12.0 Å². The zero-order valence-electron chi connectivity index (χ0n) is 26.0. The quantitative estimate of drug-likeness (QED) is 0.464. The van der Waals surface area contributed by atoms with Gasteiger partial charge < -0.3 is 24.4 Å². The molecule has 2 aliphatic heterocycles. The second kappa shape index (κ2) is 12.1. The number of carbonyl (C=O) groups excluding carboxylic acids is 2. The predicted molar refractivity (Wildman–Crippen MR) is 161 cm³/mol. The summed E-state index contributed by atoms with van der Waals surface area (Å²) in [5, 5.41) is 11.7. The summed E-state index contributed by atoms with van der Waals surface area (Å²) in [7, 11) is 0. The summed E-state index contributed by atoms with van der Waals surface area (Å²) in [6, 6.07) is 9.86. The van der Waals surface area contributed by atoms with Gasteiger partial charge in [0.25, 0.3) is 0 Å². The minimum Gasteiger partial charge on any atom is -0.445 e. The average molecular weight is 581 g/mol. The van der Waals surface area contributed by atoms with Crippen LogP contribution in [0.4, 0.5) is 4.79 Å². The molecule has 1 aromatic carbocycles. The zero-order chi connectivity index (χ0) is 29.5. The van der Waals surface area contributed by atoms with E-state index < -0.39 is 0 Å². The number of hydrogen-bond donors (Lipinski definition) is 1. The van der Waals surface area contributed by atoms with Crippen molar-refractivity contribution in [1.29, 1.82) is 0 Å². The summed E-state index contributed by atoms with van der Waals surface area (Å²) >= 11 is 0. The Hall–Kier alpha value is -2.12. The van der Waals surface area contributed by atoms with E-state index in [2.05, 4.69) is 20.8 Å². The van der Waals surface area contributed by atoms with E-state index in [1.165, 1.54) is 19.3 Å². The van der Waals surface area contributed by atoms with Gasteiger partial charge in [-0.3, -0.25) is 4.79 Å². The van der Waals surface area contributed by atoms with Crippen LogP contribution in [0, 0.1) is 46.3 Å². The van der Waals surface area contributed by atoms with Crippen LogP contribution < -0.4 is 0 Å². The number of piperidine rings is 1. The van der Waals surface area contributed by atoms with Gasteiger partial charge in [-0.25, -0.2) is 4.79 Å². The van der Waals surface area contributed by atoms with E-state index in [1.54, 1.807) is 0 Å². The van der Waals surface area contributed by atoms with Crippen LogP contribution in [0.15, 0.2) is 30.3 Å². The topological polar surface area (TPSA) is 79.3 Å². The lowest BCUT2D eigenvalue weighted by Crippen LogP contribution is -2.61. The summed E-state index contributed by atoms with van der Waals surface area (Å²) in [5.41, 5.74) is 1.38. The first-order chi connectivity index (χ1) is 20.2. The van der Waals surface area contributed by atoms with Crippen LogP contribution in [0.5, 0.6) is 0 Å². The standard InChI is InChI=1S/C35H52N2O5/c1-24(9-12-31(39)36-17-19-41-20-18-36)27-10-11-28-32-29(13-14-35(27,28)3)34(2)15-16-37(22-26(34)21-30(32)38)33(40)42-23-25-7-5-4-6-8-25/h4-8,24,26-30,32,38H,9-23H2,1-3H3/t24-,26-,27-,28+,29+,30+,32+,34+,35-/m1/s1. The first kappa shape index (κ1) is 29.9. The van der Waals surface area contributed by atoms with Gasteiger partial charge in [-0.2, -0.15) is 0 Å². The van der Waals surface area contributed by atoms with Crippen molar-refractivity contribution < 1.29 is 24.2 Å². The van der Waals surface area contributed by atoms with E-state index in [0.29, 0.717) is 68.3 Å². The van der Waals surface area contributed by atoms with Gasteiger partial charge in [-0.1, -0.05) is 51.1 Å². The monoisotopic (exact) mass is 580 g/mol. The second-order valence-corrected chi connectivity index (χ2v) is 14.8. The van der Waals surface area contributed by atoms with Crippen molar-refractivity contribution in [3.63, 3.8) is 0 Å². The molecule has 42 heavy (non-hydrogen) atoms. The number of aliphatic hydroxyl groups excluding tert-OH is 1. The third-order valence-electron chi connectivity index (χ3n) is 12.8. The number of ether oxygens (including phenoxy) is 2. The maximum Gasteiger partial charge on any atom is 0.410 e. The maximum absolute atomic E-state index is 13.0. The van der Waals surface area contributed by atoms with E-state index in [1.807, 2.05) is 40.1 Å². The van der Waals surface area contributed by atoms with Crippen molar-refractivity contribution in [3.8, 4) is 0 Å². The molecule has 0 spiro atoms. The van der Waals surface area contributed by atoms with Crippen LogP contribution in [0.1, 0.15) is 77.7 Å². The molecule has 0 aromatic heterocycles. The first-order valence-electron chi connectivity index (χ1n) is 16.7. The Kier molecular flexibility index (Phi) is 8.63. The number of likely N-dealkylation sites (tertiary alicyclic amines) is 1. The average Bonchev–Trinajstić information content (AvgIpc) is 3.36. The number of rotatable bonds is 6. The molecule has 2 saturated heterocycles. The fourth-order valence-electron chi connectivity index (χ4n) is 10.4. The molecule has 7 nitrogen and oxygen atoms in total. The molecule has 9 atom stereocenters. The highest BCUT2D eigenvalue weighted by atomic mass is 16.6. The number of morpholine rings is 1. The van der Waals surface area contributed by atoms with Gasteiger partial charge in [-0.05, 0) is 96.8 Å². The van der Waals surface area contributed by atoms with Gasteiger partial charge in [0.1, 0.15) is 6.61 Å². The van der Waals surface area contributed by atoms with Crippen molar-refractivity contribution in [2.75, 3.05) is 39.4 Å². The molecule has 5 aliphatic rings. The molecule has 7 heteroatoms. The number of nitrogens with zero attached hydrogens (tertiary/aromatic N) is 2. The fourth-order valence-corrected chi connectivity index (χ4v) is 10.4. The predicted octanol–water partition coefficient (Wildman–Crippen LogP) is 5.75. The van der Waals surface area contributed by atoms with Crippen LogP contribution in [-0.2, 0) is 20.9 Å². The molecule has 1 aromatic rings. The summed E-state index contributed by atoms with van der Waals surface area (Å²) < 4.78 is 11.1. The Labute approximate surface area is 252 Å². The van der Waals surface area contributed by atoms with Crippen molar-refractivity contribution in [2.24, 2.45) is 46.3 Å². The molecule has 2 amide bonds. The van der Waals surface area contributed by atoms with Crippen LogP contribution >= 0.6 is 0 Å². The molecule has 1 N–H and O–H groups in total. The van der Waals surface area contributed by atoms with Gasteiger partial charge >= 0.3 is 6.09 Å². The van der Waals surface area contributed by atoms with E-state index in [-0.39, 0.29) is 28.9 Å². The Morgan fingerprint density at radius 2 is 1.74 bits per heavy atom. The van der Waals surface area contributed by atoms with E-state index in [9.17, 15) is 14.7 Å². The third kappa shape index (κ3) is 5.49. The lowest BCUT2D eigenvalue weighted by molar-refractivity contribution is -0.170. The summed E-state index contributed by atoms with van der Waals surface area (Å²) in [4.78, 5) is 29.7. The SMILES string of the molecule is C[C@H](CCC(=O)N1CCOCC1)[C@H]1CC[C@H]2[C@@H]3[C@@H](O)C[C@@H]4CN(C(=O)OCc5ccccc5)CC[C@]4(C)[C@H]3CC[C@]12C. The summed E-state index contributed by atoms with van der Waals surface area (Å²) in [6.45, 7) is 11.8. The molecule has 3 aliphatic carbocycles. The van der Waals surface area contributed by atoms with E-state index in [0.717, 1.165) is 50.9 Å². The zero-order valence-corrected chi connectivity index (χ0v) is 26.0. The Balaban J connectivity index is 1.08. The summed E-state index contributed by atoms with van der Waals surface area (Å²) in [6.07, 6.45) is 7.60. The van der Waals surface area contributed by atoms with Gasteiger partial charge in [-0.15, -0.1) is 0 Å². The van der Waals surface area contributed by atoms with Crippen LogP contribution in [0.2, 0.25) is 0 Å².